The number of aliphatic hydroxyl groups excluding tert-OH is 1. The zero-order valence-electron chi connectivity index (χ0n) is 7.48. The first-order valence-electron chi connectivity index (χ1n) is 4.00. The number of rotatable bonds is 2. The first kappa shape index (κ1) is 13.4. The van der Waals surface area contributed by atoms with Crippen molar-refractivity contribution in [2.24, 2.45) is 11.8 Å². The number of aliphatic hydroxyl groups is 1. The molecule has 4 N–H and O–H groups in total. The van der Waals surface area contributed by atoms with Crippen molar-refractivity contribution in [1.29, 1.82) is 0 Å². The van der Waals surface area contributed by atoms with Crippen LogP contribution in [0.3, 0.4) is 0 Å². The summed E-state index contributed by atoms with van der Waals surface area (Å²) in [6.07, 6.45) is -1.32. The predicted molar refractivity (Wildman–Crippen MR) is 60.8 cm³/mol. The molecule has 1 rings (SSSR count). The topological polar surface area (TPSA) is 109 Å². The molecule has 1 saturated heterocycles. The summed E-state index contributed by atoms with van der Waals surface area (Å²) in [6.45, 7) is 0. The third kappa shape index (κ3) is 2.36. The van der Waals surface area contributed by atoms with Gasteiger partial charge in [-0.3, -0.25) is 10.2 Å². The molecule has 1 aliphatic heterocycles. The van der Waals surface area contributed by atoms with Crippen LogP contribution in [0, 0.1) is 5.92 Å². The molecule has 0 bridgehead atoms. The average Bonchev–Trinajstić information content (AvgIpc) is 2.27. The Morgan fingerprint density at radius 3 is 2.47 bits per heavy atom. The van der Waals surface area contributed by atoms with Crippen LogP contribution in [0.25, 0.3) is 0 Å². The highest BCUT2D eigenvalue weighted by Crippen LogP contribution is 2.47. The summed E-state index contributed by atoms with van der Waals surface area (Å²) in [7, 11) is -3.51. The molecule has 0 aromatic rings. The molecule has 0 aromatic carbocycles. The summed E-state index contributed by atoms with van der Waals surface area (Å²) in [5.41, 5.74) is 1.89. The van der Waals surface area contributed by atoms with Gasteiger partial charge in [0.1, 0.15) is 0 Å². The number of halogens is 2. The number of alkyl halides is 2. The van der Waals surface area contributed by atoms with Gasteiger partial charge >= 0.3 is 0 Å². The molecule has 0 spiro atoms. The van der Waals surface area contributed by atoms with Gasteiger partial charge in [0.15, 0.2) is 9.84 Å². The van der Waals surface area contributed by atoms with E-state index in [0.29, 0.717) is 0 Å². The van der Waals surface area contributed by atoms with Crippen molar-refractivity contribution in [3.05, 3.63) is 0 Å². The largest absolute Gasteiger partial charge is 0.389 e. The number of carbonyl (C=O) groups excluding carboxylic acids is 1. The molecule has 1 aliphatic rings. The van der Waals surface area contributed by atoms with Gasteiger partial charge in [-0.25, -0.2) is 14.3 Å². The van der Waals surface area contributed by atoms with Crippen LogP contribution in [0.5, 0.6) is 0 Å². The fourth-order valence-electron chi connectivity index (χ4n) is 1.41. The molecule has 0 aromatic heterocycles. The summed E-state index contributed by atoms with van der Waals surface area (Å²) < 4.78 is 21.6. The highest BCUT2D eigenvalue weighted by atomic mass is 79.9. The number of sulfone groups is 1. The second kappa shape index (κ2) is 4.28. The Kier molecular flexibility index (Phi) is 3.82. The molecule has 6 nitrogen and oxygen atoms in total. The Hall–Kier alpha value is 0.300. The maximum Gasteiger partial charge on any atom is 0.234 e. The second-order valence-electron chi connectivity index (χ2n) is 3.32. The lowest BCUT2D eigenvalue weighted by Gasteiger charge is -2.19. The van der Waals surface area contributed by atoms with Crippen molar-refractivity contribution in [2.45, 2.75) is 15.1 Å². The van der Waals surface area contributed by atoms with Crippen LogP contribution in [-0.4, -0.2) is 33.9 Å². The van der Waals surface area contributed by atoms with Crippen LogP contribution in [0.4, 0.5) is 0 Å². The molecule has 0 saturated carbocycles. The number of hydrazine groups is 1. The summed E-state index contributed by atoms with van der Waals surface area (Å²) >= 11 is 5.79. The molecular weight excluding hydrogens is 356 g/mol. The Bertz CT molecular complexity index is 369. The third-order valence-electron chi connectivity index (χ3n) is 2.25. The van der Waals surface area contributed by atoms with E-state index in [4.69, 9.17) is 5.84 Å². The smallest absolute Gasteiger partial charge is 0.234 e. The predicted octanol–water partition coefficient (Wildman–Crippen LogP) is -0.784. The van der Waals surface area contributed by atoms with E-state index in [1.165, 1.54) is 0 Å². The maximum atomic E-state index is 11.6. The van der Waals surface area contributed by atoms with Gasteiger partial charge < -0.3 is 5.11 Å². The average molecular weight is 366 g/mol. The van der Waals surface area contributed by atoms with Crippen LogP contribution >= 0.6 is 31.9 Å². The summed E-state index contributed by atoms with van der Waals surface area (Å²) in [4.78, 5) is 11.0. The van der Waals surface area contributed by atoms with Gasteiger partial charge in [0.05, 0.1) is 11.9 Å². The monoisotopic (exact) mass is 364 g/mol. The van der Waals surface area contributed by atoms with Crippen LogP contribution in [0.1, 0.15) is 6.42 Å². The molecule has 88 valence electrons. The molecule has 1 fully saturated rings. The standard InChI is InChI=1S/C6H10Br2N2O4S/c7-6(8)5(12)3(1-4(11)10-9)2-15(6,13)14/h3,5,12H,1-2,9H2,(H,10,11). The first-order valence-corrected chi connectivity index (χ1v) is 7.24. The SMILES string of the molecule is NNC(=O)CC1CS(=O)(=O)C(Br)(Br)C1O. The van der Waals surface area contributed by atoms with E-state index >= 15 is 0 Å². The molecule has 15 heavy (non-hydrogen) atoms. The van der Waals surface area contributed by atoms with Gasteiger partial charge in [-0.05, 0) is 0 Å². The summed E-state index contributed by atoms with van der Waals surface area (Å²) in [5, 5.41) is 9.70. The van der Waals surface area contributed by atoms with E-state index in [-0.39, 0.29) is 12.2 Å². The lowest BCUT2D eigenvalue weighted by Crippen LogP contribution is -2.36. The molecule has 1 amide bonds. The number of carbonyl (C=O) groups is 1. The molecule has 9 heteroatoms. The third-order valence-corrected chi connectivity index (χ3v) is 8.08. The number of amides is 1. The summed E-state index contributed by atoms with van der Waals surface area (Å²) in [5.74, 6) is 3.43. The zero-order chi connectivity index (χ0) is 11.9. The van der Waals surface area contributed by atoms with Crippen molar-refractivity contribution in [3.63, 3.8) is 0 Å². The number of nitrogens with one attached hydrogen (secondary N) is 1. The highest BCUT2D eigenvalue weighted by molar-refractivity contribution is 9.28. The van der Waals surface area contributed by atoms with Gasteiger partial charge in [0.25, 0.3) is 0 Å². The fraction of sp³-hybridized carbons (Fsp3) is 0.833. The van der Waals surface area contributed by atoms with Crippen molar-refractivity contribution < 1.29 is 18.3 Å². The van der Waals surface area contributed by atoms with Gasteiger partial charge in [-0.2, -0.15) is 0 Å². The zero-order valence-corrected chi connectivity index (χ0v) is 11.5. The first-order chi connectivity index (χ1) is 6.72. The molecule has 2 atom stereocenters. The quantitative estimate of drug-likeness (QED) is 0.257. The highest BCUT2D eigenvalue weighted by Gasteiger charge is 2.56. The van der Waals surface area contributed by atoms with Crippen LogP contribution in [0.15, 0.2) is 0 Å². The van der Waals surface area contributed by atoms with E-state index in [1.54, 1.807) is 0 Å². The molecular formula is C6H10Br2N2O4S. The lowest BCUT2D eigenvalue weighted by molar-refractivity contribution is -0.122. The van der Waals surface area contributed by atoms with Crippen molar-refractivity contribution in [3.8, 4) is 0 Å². The van der Waals surface area contributed by atoms with Crippen LogP contribution < -0.4 is 11.3 Å². The van der Waals surface area contributed by atoms with E-state index in [2.05, 4.69) is 31.9 Å². The lowest BCUT2D eigenvalue weighted by atomic mass is 10.0. The van der Waals surface area contributed by atoms with E-state index in [1.807, 2.05) is 5.43 Å². The van der Waals surface area contributed by atoms with E-state index in [9.17, 15) is 18.3 Å². The van der Waals surface area contributed by atoms with Crippen LogP contribution in [-0.2, 0) is 14.6 Å². The van der Waals surface area contributed by atoms with Gasteiger partial charge in [0, 0.05) is 12.3 Å². The Balaban J connectivity index is 2.87. The van der Waals surface area contributed by atoms with Gasteiger partial charge in [-0.1, -0.05) is 31.9 Å². The molecule has 0 radical (unpaired) electrons. The molecule has 0 aliphatic carbocycles. The van der Waals surface area contributed by atoms with Gasteiger partial charge in [-0.15, -0.1) is 0 Å². The van der Waals surface area contributed by atoms with Crippen molar-refractivity contribution >= 4 is 47.6 Å². The second-order valence-corrected chi connectivity index (χ2v) is 10.1. The minimum absolute atomic E-state index is 0.129. The Morgan fingerprint density at radius 1 is 1.60 bits per heavy atom. The Morgan fingerprint density at radius 2 is 2.13 bits per heavy atom. The fourth-order valence-corrected chi connectivity index (χ4v) is 4.60. The number of hydrogen-bond donors (Lipinski definition) is 3. The van der Waals surface area contributed by atoms with Crippen molar-refractivity contribution in [2.75, 3.05) is 5.75 Å². The minimum atomic E-state index is -3.51. The van der Waals surface area contributed by atoms with E-state index < -0.39 is 30.3 Å². The normalized spacial score (nSPS) is 32.5. The molecule has 2 unspecified atom stereocenters. The van der Waals surface area contributed by atoms with Gasteiger partial charge in [0.2, 0.25) is 8.47 Å². The maximum absolute atomic E-state index is 11.6. The molecule has 1 heterocycles. The summed E-state index contributed by atoms with van der Waals surface area (Å²) in [6, 6.07) is 0. The number of nitrogens with two attached hydrogens (primary N) is 1. The van der Waals surface area contributed by atoms with E-state index in [0.717, 1.165) is 0 Å². The number of hydrogen-bond acceptors (Lipinski definition) is 5. The Labute approximate surface area is 104 Å². The van der Waals surface area contributed by atoms with Crippen molar-refractivity contribution in [1.82, 2.24) is 5.43 Å². The minimum Gasteiger partial charge on any atom is -0.389 e. The van der Waals surface area contributed by atoms with Crippen LogP contribution in [0.2, 0.25) is 0 Å².